The minimum Gasteiger partial charge on any atom is -0.348 e. The van der Waals surface area contributed by atoms with E-state index < -0.39 is 0 Å². The summed E-state index contributed by atoms with van der Waals surface area (Å²) in [7, 11) is 0. The Balaban J connectivity index is 1.32. The van der Waals surface area contributed by atoms with Crippen LogP contribution in [-0.4, -0.2) is 36.2 Å². The van der Waals surface area contributed by atoms with E-state index in [9.17, 15) is 4.79 Å². The van der Waals surface area contributed by atoms with Crippen molar-refractivity contribution in [2.45, 2.75) is 23.9 Å². The second kappa shape index (κ2) is 9.29. The highest BCUT2D eigenvalue weighted by Crippen LogP contribution is 2.23. The van der Waals surface area contributed by atoms with Crippen LogP contribution in [0.15, 0.2) is 83.8 Å². The lowest BCUT2D eigenvalue weighted by atomic mass is 10.0. The van der Waals surface area contributed by atoms with Gasteiger partial charge in [-0.05, 0) is 53.6 Å². The summed E-state index contributed by atoms with van der Waals surface area (Å²) < 4.78 is 0. The number of likely N-dealkylation sites (tertiary alicyclic amines) is 1. The molecule has 4 heteroatoms. The molecule has 1 atom stereocenters. The number of benzene rings is 3. The fourth-order valence-corrected chi connectivity index (χ4v) is 4.21. The zero-order valence-corrected chi connectivity index (χ0v) is 17.5. The van der Waals surface area contributed by atoms with Gasteiger partial charge in [0.1, 0.15) is 0 Å². The van der Waals surface area contributed by atoms with E-state index in [0.717, 1.165) is 37.2 Å². The van der Waals surface area contributed by atoms with Gasteiger partial charge in [0.25, 0.3) is 5.91 Å². The van der Waals surface area contributed by atoms with E-state index >= 15 is 0 Å². The lowest BCUT2D eigenvalue weighted by Crippen LogP contribution is -2.36. The van der Waals surface area contributed by atoms with Crippen LogP contribution in [0.2, 0.25) is 0 Å². The maximum absolute atomic E-state index is 12.7. The predicted octanol–water partition coefficient (Wildman–Crippen LogP) is 5.08. The smallest absolute Gasteiger partial charge is 0.251 e. The Morgan fingerprint density at radius 2 is 1.62 bits per heavy atom. The van der Waals surface area contributed by atoms with E-state index in [2.05, 4.69) is 65.0 Å². The maximum Gasteiger partial charge on any atom is 0.251 e. The number of nitrogens with one attached hydrogen (secondary N) is 1. The number of carbonyl (C=O) groups is 1. The van der Waals surface area contributed by atoms with Gasteiger partial charge in [0.05, 0.1) is 0 Å². The topological polar surface area (TPSA) is 32.3 Å². The van der Waals surface area contributed by atoms with Gasteiger partial charge in [-0.25, -0.2) is 0 Å². The van der Waals surface area contributed by atoms with E-state index in [1.54, 1.807) is 11.8 Å². The molecule has 1 aliphatic heterocycles. The third-order valence-corrected chi connectivity index (χ3v) is 6.17. The molecule has 4 rings (SSSR count). The van der Waals surface area contributed by atoms with E-state index in [1.807, 2.05) is 30.3 Å². The molecule has 1 heterocycles. The summed E-state index contributed by atoms with van der Waals surface area (Å²) in [5.74, 6) is 0.0147. The summed E-state index contributed by atoms with van der Waals surface area (Å²) in [6.45, 7) is 2.86. The number of rotatable bonds is 6. The quantitative estimate of drug-likeness (QED) is 0.584. The van der Waals surface area contributed by atoms with E-state index in [1.165, 1.54) is 16.0 Å². The van der Waals surface area contributed by atoms with Crippen molar-refractivity contribution in [2.75, 3.05) is 19.3 Å². The third-order valence-electron chi connectivity index (χ3n) is 5.43. The molecule has 0 radical (unpaired) electrons. The molecule has 3 aromatic rings. The maximum atomic E-state index is 12.7. The molecule has 0 bridgehead atoms. The standard InChI is InChI=1S/C25H26N2OS/c1-29-24-13-11-21(12-14-24)20-7-9-22(10-8-20)25(28)26-23-15-16-27(18-23)17-19-5-3-2-4-6-19/h2-14,23H,15-18H2,1H3,(H,26,28)/t23-/m1/s1. The highest BCUT2D eigenvalue weighted by molar-refractivity contribution is 7.98. The zero-order chi connectivity index (χ0) is 20.1. The number of nitrogens with zero attached hydrogens (tertiary/aromatic N) is 1. The molecule has 1 saturated heterocycles. The van der Waals surface area contributed by atoms with Crippen LogP contribution in [0.1, 0.15) is 22.3 Å². The van der Waals surface area contributed by atoms with Crippen molar-refractivity contribution < 1.29 is 4.79 Å². The number of amides is 1. The molecule has 3 aromatic carbocycles. The zero-order valence-electron chi connectivity index (χ0n) is 16.7. The van der Waals surface area contributed by atoms with Crippen molar-refractivity contribution in [3.8, 4) is 11.1 Å². The van der Waals surface area contributed by atoms with Gasteiger partial charge in [0.15, 0.2) is 0 Å². The van der Waals surface area contributed by atoms with Gasteiger partial charge >= 0.3 is 0 Å². The van der Waals surface area contributed by atoms with Gasteiger partial charge in [-0.15, -0.1) is 11.8 Å². The Morgan fingerprint density at radius 1 is 0.966 bits per heavy atom. The number of carbonyl (C=O) groups excluding carboxylic acids is 1. The van der Waals surface area contributed by atoms with Gasteiger partial charge < -0.3 is 5.32 Å². The molecule has 0 spiro atoms. The van der Waals surface area contributed by atoms with Crippen LogP contribution in [0.4, 0.5) is 0 Å². The second-order valence-corrected chi connectivity index (χ2v) is 8.37. The van der Waals surface area contributed by atoms with Gasteiger partial charge in [-0.1, -0.05) is 54.6 Å². The minimum atomic E-state index is 0.0147. The van der Waals surface area contributed by atoms with Crippen LogP contribution in [-0.2, 0) is 6.54 Å². The first-order valence-corrected chi connectivity index (χ1v) is 11.3. The van der Waals surface area contributed by atoms with Gasteiger partial charge in [0, 0.05) is 36.1 Å². The van der Waals surface area contributed by atoms with Crippen molar-refractivity contribution >= 4 is 17.7 Å². The van der Waals surface area contributed by atoms with Crippen LogP contribution >= 0.6 is 11.8 Å². The SMILES string of the molecule is CSc1ccc(-c2ccc(C(=O)N[C@@H]3CCN(Cc4ccccc4)C3)cc2)cc1. The second-order valence-electron chi connectivity index (χ2n) is 7.49. The van der Waals surface area contributed by atoms with Crippen molar-refractivity contribution in [3.63, 3.8) is 0 Å². The fraction of sp³-hybridized carbons (Fsp3) is 0.240. The highest BCUT2D eigenvalue weighted by Gasteiger charge is 2.24. The number of hydrogen-bond donors (Lipinski definition) is 1. The Kier molecular flexibility index (Phi) is 6.33. The molecule has 0 saturated carbocycles. The van der Waals surface area contributed by atoms with Crippen LogP contribution in [0, 0.1) is 0 Å². The van der Waals surface area contributed by atoms with Crippen molar-refractivity contribution in [1.82, 2.24) is 10.2 Å². The number of hydrogen-bond acceptors (Lipinski definition) is 3. The first-order valence-electron chi connectivity index (χ1n) is 10.0. The number of thioether (sulfide) groups is 1. The summed E-state index contributed by atoms with van der Waals surface area (Å²) in [6, 6.07) is 27.1. The van der Waals surface area contributed by atoms with Gasteiger partial charge in [-0.3, -0.25) is 9.69 Å². The first-order chi connectivity index (χ1) is 14.2. The highest BCUT2D eigenvalue weighted by atomic mass is 32.2. The summed E-state index contributed by atoms with van der Waals surface area (Å²) in [5.41, 5.74) is 4.34. The lowest BCUT2D eigenvalue weighted by Gasteiger charge is -2.17. The Morgan fingerprint density at radius 3 is 2.28 bits per heavy atom. The molecule has 3 nitrogen and oxygen atoms in total. The van der Waals surface area contributed by atoms with Crippen molar-refractivity contribution in [1.29, 1.82) is 0 Å². The van der Waals surface area contributed by atoms with E-state index in [-0.39, 0.29) is 11.9 Å². The largest absolute Gasteiger partial charge is 0.348 e. The average molecular weight is 403 g/mol. The molecule has 1 aliphatic rings. The van der Waals surface area contributed by atoms with E-state index in [4.69, 9.17) is 0 Å². The molecule has 148 valence electrons. The monoisotopic (exact) mass is 402 g/mol. The summed E-state index contributed by atoms with van der Waals surface area (Å²) in [6.07, 6.45) is 3.08. The van der Waals surface area contributed by atoms with Crippen LogP contribution in [0.3, 0.4) is 0 Å². The fourth-order valence-electron chi connectivity index (χ4n) is 3.80. The molecule has 1 amide bonds. The molecule has 1 N–H and O–H groups in total. The lowest BCUT2D eigenvalue weighted by molar-refractivity contribution is 0.0937. The summed E-state index contributed by atoms with van der Waals surface area (Å²) >= 11 is 1.74. The van der Waals surface area contributed by atoms with Gasteiger partial charge in [-0.2, -0.15) is 0 Å². The van der Waals surface area contributed by atoms with Crippen LogP contribution < -0.4 is 5.32 Å². The van der Waals surface area contributed by atoms with Crippen LogP contribution in [0.5, 0.6) is 0 Å². The normalized spacial score (nSPS) is 16.7. The van der Waals surface area contributed by atoms with Crippen LogP contribution in [0.25, 0.3) is 11.1 Å². The Hall–Kier alpha value is -2.56. The van der Waals surface area contributed by atoms with Crippen molar-refractivity contribution in [2.24, 2.45) is 0 Å². The average Bonchev–Trinajstić information content (AvgIpc) is 3.21. The molecular formula is C25H26N2OS. The van der Waals surface area contributed by atoms with E-state index in [0.29, 0.717) is 0 Å². The molecule has 0 aliphatic carbocycles. The Bertz CT molecular complexity index is 939. The minimum absolute atomic E-state index is 0.0147. The van der Waals surface area contributed by atoms with Gasteiger partial charge in [0.2, 0.25) is 0 Å². The predicted molar refractivity (Wildman–Crippen MR) is 121 cm³/mol. The molecule has 1 fully saturated rings. The molecule has 0 unspecified atom stereocenters. The first kappa shape index (κ1) is 19.7. The summed E-state index contributed by atoms with van der Waals surface area (Å²) in [4.78, 5) is 16.3. The summed E-state index contributed by atoms with van der Waals surface area (Å²) in [5, 5.41) is 3.20. The third kappa shape index (κ3) is 5.08. The van der Waals surface area contributed by atoms with Crippen molar-refractivity contribution in [3.05, 3.63) is 90.0 Å². The molecule has 29 heavy (non-hydrogen) atoms. The molecular weight excluding hydrogens is 376 g/mol. The molecule has 0 aromatic heterocycles. The Labute approximate surface area is 177 Å².